The summed E-state index contributed by atoms with van der Waals surface area (Å²) in [7, 11) is 0. The van der Waals surface area contributed by atoms with Crippen molar-refractivity contribution in [3.63, 3.8) is 0 Å². The van der Waals surface area contributed by atoms with Crippen molar-refractivity contribution < 1.29 is 36.3 Å². The number of benzene rings is 1. The third-order valence-electron chi connectivity index (χ3n) is 2.56. The van der Waals surface area contributed by atoms with Crippen molar-refractivity contribution in [2.24, 2.45) is 0 Å². The Bertz CT molecular complexity index is 640. The summed E-state index contributed by atoms with van der Waals surface area (Å²) in [6, 6.07) is 0. The highest BCUT2D eigenvalue weighted by atomic mass is 19.2. The lowest BCUT2D eigenvalue weighted by atomic mass is 10.2. The van der Waals surface area contributed by atoms with Gasteiger partial charge in [0.1, 0.15) is 0 Å². The SMILES string of the molecule is C#CCNC(=O)CCCC(=O)Oc1c(F)c(F)c(F)c(F)c1F. The molecule has 0 radical (unpaired) electrons. The van der Waals surface area contributed by atoms with Crippen LogP contribution in [0, 0.1) is 41.4 Å². The first-order valence-corrected chi connectivity index (χ1v) is 6.21. The quantitative estimate of drug-likeness (QED) is 0.217. The fourth-order valence-corrected chi connectivity index (χ4v) is 1.47. The van der Waals surface area contributed by atoms with Crippen LogP contribution in [0.3, 0.4) is 0 Å². The van der Waals surface area contributed by atoms with Crippen LogP contribution in [0.4, 0.5) is 22.0 Å². The monoisotopic (exact) mass is 335 g/mol. The number of terminal acetylenes is 1. The van der Waals surface area contributed by atoms with E-state index < -0.39 is 53.1 Å². The summed E-state index contributed by atoms with van der Waals surface area (Å²) in [6.45, 7) is -0.00612. The third-order valence-corrected chi connectivity index (χ3v) is 2.56. The number of rotatable bonds is 6. The predicted octanol–water partition coefficient (Wildman–Crippen LogP) is 2.21. The number of halogens is 5. The van der Waals surface area contributed by atoms with E-state index >= 15 is 0 Å². The van der Waals surface area contributed by atoms with Crippen molar-refractivity contribution in [3.8, 4) is 18.1 Å². The molecule has 0 heterocycles. The highest BCUT2D eigenvalue weighted by Gasteiger charge is 2.28. The lowest BCUT2D eigenvalue weighted by Crippen LogP contribution is -2.23. The predicted molar refractivity (Wildman–Crippen MR) is 67.6 cm³/mol. The van der Waals surface area contributed by atoms with Gasteiger partial charge < -0.3 is 10.1 Å². The molecular formula is C14H10F5NO3. The minimum atomic E-state index is -2.36. The summed E-state index contributed by atoms with van der Waals surface area (Å²) in [6.07, 6.45) is 4.24. The summed E-state index contributed by atoms with van der Waals surface area (Å²) >= 11 is 0. The Hall–Kier alpha value is -2.63. The molecule has 0 aliphatic carbocycles. The van der Waals surface area contributed by atoms with E-state index in [0.717, 1.165) is 0 Å². The van der Waals surface area contributed by atoms with Crippen LogP contribution in [0.25, 0.3) is 0 Å². The molecule has 1 aromatic rings. The van der Waals surface area contributed by atoms with Crippen LogP contribution >= 0.6 is 0 Å². The number of carbonyl (C=O) groups excluding carboxylic acids is 2. The van der Waals surface area contributed by atoms with Gasteiger partial charge in [-0.05, 0) is 6.42 Å². The zero-order valence-electron chi connectivity index (χ0n) is 11.5. The fraction of sp³-hybridized carbons (Fsp3) is 0.286. The van der Waals surface area contributed by atoms with Crippen molar-refractivity contribution in [3.05, 3.63) is 29.1 Å². The van der Waals surface area contributed by atoms with Crippen LogP contribution in [0.15, 0.2) is 0 Å². The minimum absolute atomic E-state index is 0.00612. The topological polar surface area (TPSA) is 55.4 Å². The Morgan fingerprint density at radius 3 is 2.00 bits per heavy atom. The van der Waals surface area contributed by atoms with E-state index in [2.05, 4.69) is 16.0 Å². The van der Waals surface area contributed by atoms with Gasteiger partial charge in [0, 0.05) is 12.8 Å². The number of ether oxygens (including phenoxy) is 1. The van der Waals surface area contributed by atoms with E-state index in [1.54, 1.807) is 0 Å². The second kappa shape index (κ2) is 8.12. The maximum atomic E-state index is 13.3. The van der Waals surface area contributed by atoms with E-state index in [-0.39, 0.29) is 19.4 Å². The van der Waals surface area contributed by atoms with Gasteiger partial charge in [-0.25, -0.2) is 13.2 Å². The average Bonchev–Trinajstić information content (AvgIpc) is 2.53. The van der Waals surface area contributed by atoms with Gasteiger partial charge in [0.2, 0.25) is 40.7 Å². The number of nitrogens with one attached hydrogen (secondary N) is 1. The maximum absolute atomic E-state index is 13.3. The van der Waals surface area contributed by atoms with Crippen molar-refractivity contribution in [1.29, 1.82) is 0 Å². The molecule has 0 aliphatic rings. The molecule has 124 valence electrons. The van der Waals surface area contributed by atoms with Gasteiger partial charge in [0.15, 0.2) is 0 Å². The van der Waals surface area contributed by atoms with Crippen molar-refractivity contribution in [1.82, 2.24) is 5.32 Å². The Kier molecular flexibility index (Phi) is 6.50. The number of esters is 1. The van der Waals surface area contributed by atoms with E-state index in [4.69, 9.17) is 6.42 Å². The molecule has 23 heavy (non-hydrogen) atoms. The second-order valence-electron chi connectivity index (χ2n) is 4.21. The largest absolute Gasteiger partial charge is 0.420 e. The first kappa shape index (κ1) is 18.4. The average molecular weight is 335 g/mol. The van der Waals surface area contributed by atoms with Gasteiger partial charge in [0.05, 0.1) is 6.54 Å². The molecule has 0 fully saturated rings. The summed E-state index contributed by atoms with van der Waals surface area (Å²) in [4.78, 5) is 22.5. The molecule has 0 atom stereocenters. The summed E-state index contributed by atoms with van der Waals surface area (Å²) < 4.78 is 69.3. The fourth-order valence-electron chi connectivity index (χ4n) is 1.47. The Balaban J connectivity index is 2.66. The molecule has 1 N–H and O–H groups in total. The summed E-state index contributed by atoms with van der Waals surface area (Å²) in [5.74, 6) is -12.5. The first-order valence-electron chi connectivity index (χ1n) is 6.21. The van der Waals surface area contributed by atoms with Gasteiger partial charge in [-0.15, -0.1) is 6.42 Å². The minimum Gasteiger partial charge on any atom is -0.420 e. The molecule has 9 heteroatoms. The van der Waals surface area contributed by atoms with Crippen LogP contribution in [-0.4, -0.2) is 18.4 Å². The van der Waals surface area contributed by atoms with Crippen LogP contribution in [-0.2, 0) is 9.59 Å². The Morgan fingerprint density at radius 2 is 1.48 bits per heavy atom. The van der Waals surface area contributed by atoms with Gasteiger partial charge in [-0.3, -0.25) is 9.59 Å². The molecule has 0 unspecified atom stereocenters. The highest BCUT2D eigenvalue weighted by Crippen LogP contribution is 2.29. The summed E-state index contributed by atoms with van der Waals surface area (Å²) in [5, 5.41) is 2.31. The van der Waals surface area contributed by atoms with Crippen molar-refractivity contribution in [2.75, 3.05) is 6.54 Å². The van der Waals surface area contributed by atoms with Gasteiger partial charge >= 0.3 is 5.97 Å². The van der Waals surface area contributed by atoms with Crippen molar-refractivity contribution in [2.45, 2.75) is 19.3 Å². The Morgan fingerprint density at radius 1 is 0.957 bits per heavy atom. The second-order valence-corrected chi connectivity index (χ2v) is 4.21. The zero-order chi connectivity index (χ0) is 17.6. The number of carbonyl (C=O) groups is 2. The molecule has 0 saturated heterocycles. The van der Waals surface area contributed by atoms with Crippen LogP contribution in [0.2, 0.25) is 0 Å². The van der Waals surface area contributed by atoms with Crippen LogP contribution in [0.5, 0.6) is 5.75 Å². The van der Waals surface area contributed by atoms with E-state index in [0.29, 0.717) is 0 Å². The van der Waals surface area contributed by atoms with Crippen molar-refractivity contribution >= 4 is 11.9 Å². The van der Waals surface area contributed by atoms with Gasteiger partial charge in [-0.2, -0.15) is 8.78 Å². The lowest BCUT2D eigenvalue weighted by Gasteiger charge is -2.08. The first-order chi connectivity index (χ1) is 10.8. The smallest absolute Gasteiger partial charge is 0.311 e. The number of amides is 1. The molecular weight excluding hydrogens is 325 g/mol. The number of hydrogen-bond acceptors (Lipinski definition) is 3. The summed E-state index contributed by atoms with van der Waals surface area (Å²) in [5.41, 5.74) is 0. The Labute approximate surface area is 127 Å². The lowest BCUT2D eigenvalue weighted by molar-refractivity contribution is -0.135. The third kappa shape index (κ3) is 4.67. The molecule has 0 aromatic heterocycles. The maximum Gasteiger partial charge on any atom is 0.311 e. The van der Waals surface area contributed by atoms with Gasteiger partial charge in [0.25, 0.3) is 0 Å². The standard InChI is InChI=1S/C14H10F5NO3/c1-2-6-20-7(21)4-3-5-8(22)23-14-12(18)10(16)9(15)11(17)13(14)19/h1H,3-6H2,(H,20,21). The zero-order valence-corrected chi connectivity index (χ0v) is 11.5. The molecule has 0 aliphatic heterocycles. The molecule has 1 aromatic carbocycles. The normalized spacial score (nSPS) is 10.1. The van der Waals surface area contributed by atoms with Crippen LogP contribution in [0.1, 0.15) is 19.3 Å². The molecule has 1 rings (SSSR count). The van der Waals surface area contributed by atoms with E-state index in [1.165, 1.54) is 0 Å². The van der Waals surface area contributed by atoms with E-state index in [1.807, 2.05) is 0 Å². The molecule has 4 nitrogen and oxygen atoms in total. The van der Waals surface area contributed by atoms with Crippen LogP contribution < -0.4 is 10.1 Å². The molecule has 0 spiro atoms. The number of hydrogen-bond donors (Lipinski definition) is 1. The van der Waals surface area contributed by atoms with Gasteiger partial charge in [-0.1, -0.05) is 5.92 Å². The highest BCUT2D eigenvalue weighted by molar-refractivity contribution is 5.77. The molecule has 1 amide bonds. The van der Waals surface area contributed by atoms with E-state index in [9.17, 15) is 31.5 Å². The molecule has 0 bridgehead atoms. The molecule has 0 saturated carbocycles.